The van der Waals surface area contributed by atoms with Crippen LogP contribution < -0.4 is 5.32 Å². The van der Waals surface area contributed by atoms with E-state index in [0.29, 0.717) is 12.1 Å². The van der Waals surface area contributed by atoms with E-state index in [1.807, 2.05) is 17.4 Å². The van der Waals surface area contributed by atoms with Gasteiger partial charge in [-0.2, -0.15) is 0 Å². The summed E-state index contributed by atoms with van der Waals surface area (Å²) in [5, 5.41) is 3.64. The smallest absolute Gasteiger partial charge is 0.0305 e. The minimum absolute atomic E-state index is 0.449. The Morgan fingerprint density at radius 1 is 1.44 bits per heavy atom. The van der Waals surface area contributed by atoms with Crippen molar-refractivity contribution in [2.45, 2.75) is 52.6 Å². The fraction of sp³-hybridized carbons (Fsp3) is 0.571. The quantitative estimate of drug-likeness (QED) is 0.724. The summed E-state index contributed by atoms with van der Waals surface area (Å²) in [5.41, 5.74) is 1.45. The summed E-state index contributed by atoms with van der Waals surface area (Å²) in [6.45, 7) is 12.6. The molecule has 1 N–H and O–H groups in total. The van der Waals surface area contributed by atoms with Crippen molar-refractivity contribution >= 4 is 11.3 Å². The molecule has 0 aromatic carbocycles. The molecule has 0 aliphatic heterocycles. The van der Waals surface area contributed by atoms with Crippen molar-refractivity contribution in [3.05, 3.63) is 34.0 Å². The summed E-state index contributed by atoms with van der Waals surface area (Å²) < 4.78 is 0. The summed E-state index contributed by atoms with van der Waals surface area (Å²) in [5.74, 6) is 0. The van der Waals surface area contributed by atoms with Gasteiger partial charge in [0, 0.05) is 21.8 Å². The molecule has 1 heterocycles. The average Bonchev–Trinajstić information content (AvgIpc) is 2.54. The third-order valence-corrected chi connectivity index (χ3v) is 3.87. The molecule has 0 aliphatic rings. The van der Waals surface area contributed by atoms with E-state index in [2.05, 4.69) is 45.7 Å². The Labute approximate surface area is 104 Å². The Balaban J connectivity index is 2.54. The number of rotatable bonds is 6. The fourth-order valence-electron chi connectivity index (χ4n) is 2.05. The lowest BCUT2D eigenvalue weighted by Gasteiger charge is -2.19. The van der Waals surface area contributed by atoms with Crippen LogP contribution >= 0.6 is 11.3 Å². The second-order valence-corrected chi connectivity index (χ2v) is 5.98. The van der Waals surface area contributed by atoms with Gasteiger partial charge in [-0.15, -0.1) is 17.9 Å². The van der Waals surface area contributed by atoms with Crippen molar-refractivity contribution in [3.8, 4) is 0 Å². The zero-order valence-electron chi connectivity index (χ0n) is 10.8. The highest BCUT2D eigenvalue weighted by molar-refractivity contribution is 7.12. The van der Waals surface area contributed by atoms with E-state index in [0.717, 1.165) is 12.8 Å². The first-order chi connectivity index (χ1) is 7.54. The van der Waals surface area contributed by atoms with Crippen LogP contribution in [-0.2, 0) is 0 Å². The molecule has 0 saturated carbocycles. The van der Waals surface area contributed by atoms with E-state index in [4.69, 9.17) is 0 Å². The Kier molecular flexibility index (Phi) is 5.23. The molecule has 90 valence electrons. The van der Waals surface area contributed by atoms with E-state index in [1.165, 1.54) is 15.3 Å². The monoisotopic (exact) mass is 237 g/mol. The topological polar surface area (TPSA) is 12.0 Å². The van der Waals surface area contributed by atoms with Crippen LogP contribution in [0.2, 0.25) is 0 Å². The van der Waals surface area contributed by atoms with Crippen LogP contribution in [0.5, 0.6) is 0 Å². The largest absolute Gasteiger partial charge is 0.308 e. The van der Waals surface area contributed by atoms with E-state index >= 15 is 0 Å². The number of allylic oxidation sites excluding steroid dienone is 1. The molecule has 2 atom stereocenters. The van der Waals surface area contributed by atoms with Gasteiger partial charge in [0.15, 0.2) is 0 Å². The van der Waals surface area contributed by atoms with Crippen molar-refractivity contribution < 1.29 is 0 Å². The molecule has 1 nitrogen and oxygen atoms in total. The summed E-state index contributed by atoms with van der Waals surface area (Å²) >= 11 is 1.89. The van der Waals surface area contributed by atoms with Crippen LogP contribution in [0.1, 0.15) is 48.0 Å². The van der Waals surface area contributed by atoms with Crippen LogP contribution in [0.15, 0.2) is 18.7 Å². The van der Waals surface area contributed by atoms with Crippen LogP contribution in [0.4, 0.5) is 0 Å². The van der Waals surface area contributed by atoms with Gasteiger partial charge in [0.1, 0.15) is 0 Å². The Bertz CT molecular complexity index is 341. The summed E-state index contributed by atoms with van der Waals surface area (Å²) in [6.07, 6.45) is 4.24. The minimum atomic E-state index is 0.449. The van der Waals surface area contributed by atoms with Gasteiger partial charge in [0.25, 0.3) is 0 Å². The second-order valence-electron chi connectivity index (χ2n) is 4.52. The lowest BCUT2D eigenvalue weighted by atomic mass is 10.1. The van der Waals surface area contributed by atoms with Gasteiger partial charge in [-0.1, -0.05) is 6.08 Å². The normalized spacial score (nSPS) is 14.8. The number of thiophene rings is 1. The Hall–Kier alpha value is -0.600. The molecule has 0 spiro atoms. The lowest BCUT2D eigenvalue weighted by molar-refractivity contribution is 0.458. The van der Waals surface area contributed by atoms with Crippen molar-refractivity contribution in [1.82, 2.24) is 5.32 Å². The van der Waals surface area contributed by atoms with Gasteiger partial charge < -0.3 is 5.32 Å². The first-order valence-electron chi connectivity index (χ1n) is 5.98. The van der Waals surface area contributed by atoms with Gasteiger partial charge in [0.05, 0.1) is 0 Å². The van der Waals surface area contributed by atoms with Crippen molar-refractivity contribution in [1.29, 1.82) is 0 Å². The first-order valence-corrected chi connectivity index (χ1v) is 6.80. The highest BCUT2D eigenvalue weighted by Gasteiger charge is 2.12. The molecule has 2 heteroatoms. The van der Waals surface area contributed by atoms with Crippen molar-refractivity contribution in [3.63, 3.8) is 0 Å². The van der Waals surface area contributed by atoms with E-state index in [-0.39, 0.29) is 0 Å². The van der Waals surface area contributed by atoms with Gasteiger partial charge >= 0.3 is 0 Å². The predicted octanol–water partition coefficient (Wildman–Crippen LogP) is 4.37. The third-order valence-electron chi connectivity index (χ3n) is 2.88. The van der Waals surface area contributed by atoms with Crippen LogP contribution in [-0.4, -0.2) is 6.04 Å². The maximum atomic E-state index is 3.76. The highest BCUT2D eigenvalue weighted by Crippen LogP contribution is 2.26. The molecular formula is C14H23NS. The molecular weight excluding hydrogens is 214 g/mol. The van der Waals surface area contributed by atoms with E-state index in [1.54, 1.807) is 0 Å². The SMILES string of the molecule is C=CCCC(C)NC(C)c1cc(C)sc1C. The molecule has 0 saturated heterocycles. The zero-order chi connectivity index (χ0) is 12.1. The molecule has 16 heavy (non-hydrogen) atoms. The molecule has 1 aromatic heterocycles. The fourth-order valence-corrected chi connectivity index (χ4v) is 3.07. The van der Waals surface area contributed by atoms with E-state index < -0.39 is 0 Å². The summed E-state index contributed by atoms with van der Waals surface area (Å²) in [7, 11) is 0. The lowest BCUT2D eigenvalue weighted by Crippen LogP contribution is -2.28. The molecule has 0 aliphatic carbocycles. The predicted molar refractivity (Wildman–Crippen MR) is 74.2 cm³/mol. The molecule has 0 bridgehead atoms. The molecule has 0 radical (unpaired) electrons. The summed E-state index contributed by atoms with van der Waals surface area (Å²) in [4.78, 5) is 2.84. The Morgan fingerprint density at radius 3 is 2.62 bits per heavy atom. The summed E-state index contributed by atoms with van der Waals surface area (Å²) in [6, 6.07) is 3.30. The van der Waals surface area contributed by atoms with Gasteiger partial charge in [-0.25, -0.2) is 0 Å². The molecule has 1 rings (SSSR count). The van der Waals surface area contributed by atoms with E-state index in [9.17, 15) is 0 Å². The van der Waals surface area contributed by atoms with Gasteiger partial charge in [0.2, 0.25) is 0 Å². The number of hydrogen-bond donors (Lipinski definition) is 1. The minimum Gasteiger partial charge on any atom is -0.308 e. The number of hydrogen-bond acceptors (Lipinski definition) is 2. The first kappa shape index (κ1) is 13.5. The Morgan fingerprint density at radius 2 is 2.12 bits per heavy atom. The molecule has 0 fully saturated rings. The van der Waals surface area contributed by atoms with Crippen molar-refractivity contribution in [2.75, 3.05) is 0 Å². The van der Waals surface area contributed by atoms with Gasteiger partial charge in [-0.05, 0) is 52.2 Å². The second kappa shape index (κ2) is 6.21. The molecule has 1 aromatic rings. The van der Waals surface area contributed by atoms with Crippen LogP contribution in [0, 0.1) is 13.8 Å². The van der Waals surface area contributed by atoms with Crippen LogP contribution in [0.25, 0.3) is 0 Å². The standard InChI is InChI=1S/C14H23NS/c1-6-7-8-10(2)15-12(4)14-9-11(3)16-13(14)5/h6,9-10,12,15H,1,7-8H2,2-5H3. The number of aryl methyl sites for hydroxylation is 2. The zero-order valence-corrected chi connectivity index (χ0v) is 11.7. The maximum absolute atomic E-state index is 3.76. The van der Waals surface area contributed by atoms with Crippen LogP contribution in [0.3, 0.4) is 0 Å². The maximum Gasteiger partial charge on any atom is 0.0305 e. The third kappa shape index (κ3) is 3.76. The van der Waals surface area contributed by atoms with Crippen molar-refractivity contribution in [2.24, 2.45) is 0 Å². The van der Waals surface area contributed by atoms with Gasteiger partial charge in [-0.3, -0.25) is 0 Å². The average molecular weight is 237 g/mol. The number of nitrogens with one attached hydrogen (secondary N) is 1. The molecule has 2 unspecified atom stereocenters. The molecule has 0 amide bonds. The highest BCUT2D eigenvalue weighted by atomic mass is 32.1.